The molecule has 0 aromatic heterocycles. The van der Waals surface area contributed by atoms with Gasteiger partial charge in [-0.3, -0.25) is 0 Å². The highest BCUT2D eigenvalue weighted by atomic mass is 35.5. The van der Waals surface area contributed by atoms with Crippen LogP contribution in [-0.4, -0.2) is 38.1 Å². The SMILES string of the molecule is OC[C@H]1COc2cccc3c2B(OC3CNCl)O1. The zero-order valence-electron chi connectivity index (χ0n) is 9.64. The van der Waals surface area contributed by atoms with E-state index in [1.54, 1.807) is 0 Å². The summed E-state index contributed by atoms with van der Waals surface area (Å²) in [7, 11) is -0.495. The molecule has 18 heavy (non-hydrogen) atoms. The molecule has 2 N–H and O–H groups in total. The molecule has 1 unspecified atom stereocenters. The van der Waals surface area contributed by atoms with Crippen LogP contribution in [0, 0.1) is 0 Å². The lowest BCUT2D eigenvalue weighted by Crippen LogP contribution is -2.36. The van der Waals surface area contributed by atoms with E-state index >= 15 is 0 Å². The Balaban J connectivity index is 1.97. The van der Waals surface area contributed by atoms with E-state index < -0.39 is 7.12 Å². The largest absolute Gasteiger partial charge is 0.498 e. The molecule has 2 aliphatic rings. The lowest BCUT2D eigenvalue weighted by Gasteiger charge is -2.17. The van der Waals surface area contributed by atoms with Crippen LogP contribution in [0.2, 0.25) is 0 Å². The smallest absolute Gasteiger partial charge is 0.491 e. The maximum absolute atomic E-state index is 9.20. The van der Waals surface area contributed by atoms with Gasteiger partial charge in [-0.2, -0.15) is 0 Å². The third-order valence-corrected chi connectivity index (χ3v) is 3.33. The number of nitrogens with one attached hydrogen (secondary N) is 1. The van der Waals surface area contributed by atoms with Gasteiger partial charge in [-0.1, -0.05) is 12.1 Å². The van der Waals surface area contributed by atoms with Gasteiger partial charge in [0.1, 0.15) is 18.5 Å². The highest BCUT2D eigenvalue weighted by molar-refractivity contribution is 6.64. The fourth-order valence-electron chi connectivity index (χ4n) is 2.33. The Labute approximate surface area is 110 Å². The number of aliphatic hydroxyl groups is 1. The zero-order valence-corrected chi connectivity index (χ0v) is 10.4. The monoisotopic (exact) mass is 269 g/mol. The van der Waals surface area contributed by atoms with Gasteiger partial charge in [0.25, 0.3) is 0 Å². The number of rotatable bonds is 3. The third-order valence-electron chi connectivity index (χ3n) is 3.18. The summed E-state index contributed by atoms with van der Waals surface area (Å²) in [4.78, 5) is 2.58. The van der Waals surface area contributed by atoms with Crippen LogP contribution in [0.25, 0.3) is 0 Å². The second-order valence-corrected chi connectivity index (χ2v) is 4.57. The predicted octanol–water partition coefficient (Wildman–Crippen LogP) is -0.0336. The normalized spacial score (nSPS) is 25.6. The summed E-state index contributed by atoms with van der Waals surface area (Å²) >= 11 is 5.54. The minimum Gasteiger partial charge on any atom is -0.491 e. The van der Waals surface area contributed by atoms with Crippen molar-refractivity contribution in [2.24, 2.45) is 0 Å². The van der Waals surface area contributed by atoms with Gasteiger partial charge in [-0.05, 0) is 23.4 Å². The maximum Gasteiger partial charge on any atom is 0.498 e. The quantitative estimate of drug-likeness (QED) is 0.596. The van der Waals surface area contributed by atoms with Crippen molar-refractivity contribution in [1.82, 2.24) is 4.84 Å². The van der Waals surface area contributed by atoms with Crippen molar-refractivity contribution in [1.29, 1.82) is 0 Å². The Morgan fingerprint density at radius 3 is 3.11 bits per heavy atom. The topological polar surface area (TPSA) is 60.0 Å². The highest BCUT2D eigenvalue weighted by Gasteiger charge is 2.43. The van der Waals surface area contributed by atoms with Crippen LogP contribution in [0.5, 0.6) is 5.75 Å². The van der Waals surface area contributed by atoms with E-state index in [9.17, 15) is 5.11 Å². The van der Waals surface area contributed by atoms with Crippen molar-refractivity contribution in [3.63, 3.8) is 0 Å². The third kappa shape index (κ3) is 2.00. The van der Waals surface area contributed by atoms with E-state index in [-0.39, 0.29) is 18.8 Å². The minimum atomic E-state index is -0.495. The van der Waals surface area contributed by atoms with Gasteiger partial charge in [0.2, 0.25) is 0 Å². The molecule has 1 aromatic carbocycles. The molecular formula is C11H13BClNO4. The zero-order chi connectivity index (χ0) is 12.5. The molecule has 0 saturated heterocycles. The average Bonchev–Trinajstić information content (AvgIpc) is 2.63. The number of hydrogen-bond acceptors (Lipinski definition) is 5. The van der Waals surface area contributed by atoms with E-state index in [0.717, 1.165) is 16.8 Å². The first-order chi connectivity index (χ1) is 8.83. The van der Waals surface area contributed by atoms with Crippen molar-refractivity contribution in [2.45, 2.75) is 12.2 Å². The van der Waals surface area contributed by atoms with Gasteiger partial charge in [-0.25, -0.2) is 4.84 Å². The number of ether oxygens (including phenoxy) is 1. The molecule has 0 spiro atoms. The van der Waals surface area contributed by atoms with Gasteiger partial charge >= 0.3 is 7.12 Å². The van der Waals surface area contributed by atoms with Crippen LogP contribution < -0.4 is 15.0 Å². The summed E-state index contributed by atoms with van der Waals surface area (Å²) < 4.78 is 17.2. The number of hydrogen-bond donors (Lipinski definition) is 2. The molecule has 0 fully saturated rings. The van der Waals surface area contributed by atoms with E-state index in [1.807, 2.05) is 18.2 Å². The molecule has 0 bridgehead atoms. The van der Waals surface area contributed by atoms with Gasteiger partial charge in [0.15, 0.2) is 0 Å². The van der Waals surface area contributed by atoms with Crippen molar-refractivity contribution < 1.29 is 19.2 Å². The number of aliphatic hydroxyl groups excluding tert-OH is 1. The van der Waals surface area contributed by atoms with Crippen LogP contribution in [0.4, 0.5) is 0 Å². The fraction of sp³-hybridized carbons (Fsp3) is 0.455. The van der Waals surface area contributed by atoms with Gasteiger partial charge in [0.05, 0.1) is 12.7 Å². The molecule has 0 saturated carbocycles. The van der Waals surface area contributed by atoms with Crippen molar-refractivity contribution >= 4 is 24.4 Å². The molecular weight excluding hydrogens is 256 g/mol. The average molecular weight is 269 g/mol. The Hall–Kier alpha value is -0.785. The van der Waals surface area contributed by atoms with Crippen molar-refractivity contribution in [2.75, 3.05) is 19.8 Å². The number of benzene rings is 1. The number of halogens is 1. The molecule has 3 rings (SSSR count). The second-order valence-electron chi connectivity index (χ2n) is 4.31. The standard InChI is InChI=1S/C11H13BClNO4/c13-14-4-10-8-2-1-3-9-11(8)12(18-10)17-7(5-15)6-16-9/h1-3,7,10,14-15H,4-6H2/t7-,10?/m0/s1. The van der Waals surface area contributed by atoms with Crippen LogP contribution in [0.3, 0.4) is 0 Å². The van der Waals surface area contributed by atoms with Gasteiger partial charge < -0.3 is 19.2 Å². The summed E-state index contributed by atoms with van der Waals surface area (Å²) in [5.74, 6) is 0.755. The first-order valence-electron chi connectivity index (χ1n) is 5.84. The Morgan fingerprint density at radius 2 is 2.33 bits per heavy atom. The first kappa shape index (κ1) is 12.3. The molecule has 2 heterocycles. The molecule has 0 radical (unpaired) electrons. The van der Waals surface area contributed by atoms with E-state index in [1.165, 1.54) is 0 Å². The summed E-state index contributed by atoms with van der Waals surface area (Å²) in [6, 6.07) is 5.78. The molecule has 0 aliphatic carbocycles. The Morgan fingerprint density at radius 1 is 1.44 bits per heavy atom. The summed E-state index contributed by atoms with van der Waals surface area (Å²) in [5.41, 5.74) is 1.93. The molecule has 2 aliphatic heterocycles. The first-order valence-corrected chi connectivity index (χ1v) is 6.22. The van der Waals surface area contributed by atoms with Gasteiger partial charge in [-0.15, -0.1) is 0 Å². The van der Waals surface area contributed by atoms with Gasteiger partial charge in [0, 0.05) is 12.0 Å². The van der Waals surface area contributed by atoms with Crippen LogP contribution >= 0.6 is 11.8 Å². The van der Waals surface area contributed by atoms with E-state index in [2.05, 4.69) is 4.84 Å². The van der Waals surface area contributed by atoms with Crippen LogP contribution in [0.15, 0.2) is 18.2 Å². The van der Waals surface area contributed by atoms with E-state index in [4.69, 9.17) is 25.8 Å². The maximum atomic E-state index is 9.20. The van der Waals surface area contributed by atoms with Crippen LogP contribution in [0.1, 0.15) is 11.7 Å². The van der Waals surface area contributed by atoms with Crippen LogP contribution in [-0.2, 0) is 9.31 Å². The second kappa shape index (κ2) is 5.07. The predicted molar refractivity (Wildman–Crippen MR) is 67.0 cm³/mol. The minimum absolute atomic E-state index is 0.0956. The Bertz CT molecular complexity index is 447. The summed E-state index contributed by atoms with van der Waals surface area (Å²) in [6.45, 7) is 0.717. The van der Waals surface area contributed by atoms with Crippen molar-refractivity contribution in [3.05, 3.63) is 23.8 Å². The van der Waals surface area contributed by atoms with E-state index in [0.29, 0.717) is 13.2 Å². The molecule has 1 aromatic rings. The molecule has 0 amide bonds. The Kier molecular flexibility index (Phi) is 3.45. The fourth-order valence-corrected chi connectivity index (χ4v) is 2.47. The molecule has 96 valence electrons. The molecule has 7 heteroatoms. The molecule has 5 nitrogen and oxygen atoms in total. The summed E-state index contributed by atoms with van der Waals surface area (Å²) in [5, 5.41) is 9.20. The lowest BCUT2D eigenvalue weighted by molar-refractivity contribution is 0.0494. The van der Waals surface area contributed by atoms with Crippen molar-refractivity contribution in [3.8, 4) is 5.75 Å². The lowest BCUT2D eigenvalue weighted by atomic mass is 9.77. The summed E-state index contributed by atoms with van der Waals surface area (Å²) in [6.07, 6.45) is -0.540. The highest BCUT2D eigenvalue weighted by Crippen LogP contribution is 2.30. The molecule has 2 atom stereocenters.